The first-order chi connectivity index (χ1) is 11.7. The highest BCUT2D eigenvalue weighted by Crippen LogP contribution is 2.33. The number of hydrogen-bond donors (Lipinski definition) is 2. The van der Waals surface area contributed by atoms with Crippen LogP contribution < -0.4 is 5.32 Å². The summed E-state index contributed by atoms with van der Waals surface area (Å²) in [5, 5.41) is 13.3. The van der Waals surface area contributed by atoms with Gasteiger partial charge in [-0.15, -0.1) is 0 Å². The van der Waals surface area contributed by atoms with Crippen LogP contribution in [-0.2, 0) is 22.4 Å². The Morgan fingerprint density at radius 1 is 1.08 bits per heavy atom. The SMILES string of the molecule is O=C(C[C@@H]1OCCc2ccccc21)N[C@@H]1c2ccccc2C[C@H]1O. The molecular formula is C20H21NO3. The zero-order chi connectivity index (χ0) is 16.5. The van der Waals surface area contributed by atoms with Gasteiger partial charge in [-0.2, -0.15) is 0 Å². The standard InChI is InChI=1S/C20H21NO3/c22-17-11-14-6-2-4-8-16(14)20(17)21-19(23)12-18-15-7-3-1-5-13(15)9-10-24-18/h1-8,17-18,20,22H,9-12H2,(H,21,23)/t17-,18+,20-/m1/s1. The largest absolute Gasteiger partial charge is 0.390 e. The van der Waals surface area contributed by atoms with Crippen molar-refractivity contribution in [3.05, 3.63) is 70.8 Å². The van der Waals surface area contributed by atoms with Gasteiger partial charge in [-0.25, -0.2) is 0 Å². The number of amides is 1. The van der Waals surface area contributed by atoms with E-state index in [1.54, 1.807) is 0 Å². The number of aliphatic hydroxyl groups excluding tert-OH is 1. The number of carbonyl (C=O) groups excluding carboxylic acids is 1. The van der Waals surface area contributed by atoms with Crippen LogP contribution in [0.15, 0.2) is 48.5 Å². The Morgan fingerprint density at radius 2 is 1.79 bits per heavy atom. The molecule has 0 aromatic heterocycles. The van der Waals surface area contributed by atoms with Crippen molar-refractivity contribution in [2.24, 2.45) is 0 Å². The maximum absolute atomic E-state index is 12.5. The molecule has 4 nitrogen and oxygen atoms in total. The van der Waals surface area contributed by atoms with Crippen LogP contribution in [0.1, 0.15) is 40.8 Å². The van der Waals surface area contributed by atoms with E-state index < -0.39 is 6.10 Å². The summed E-state index contributed by atoms with van der Waals surface area (Å²) < 4.78 is 5.81. The Morgan fingerprint density at radius 3 is 2.62 bits per heavy atom. The molecule has 0 saturated carbocycles. The van der Waals surface area contributed by atoms with E-state index in [1.807, 2.05) is 42.5 Å². The third kappa shape index (κ3) is 2.83. The van der Waals surface area contributed by atoms with Crippen LogP contribution >= 0.6 is 0 Å². The first-order valence-electron chi connectivity index (χ1n) is 8.47. The highest BCUT2D eigenvalue weighted by molar-refractivity contribution is 5.77. The summed E-state index contributed by atoms with van der Waals surface area (Å²) in [6, 6.07) is 15.7. The average Bonchev–Trinajstić information content (AvgIpc) is 2.91. The fourth-order valence-corrected chi connectivity index (χ4v) is 3.79. The number of ether oxygens (including phenoxy) is 1. The molecule has 1 aliphatic heterocycles. The maximum Gasteiger partial charge on any atom is 0.223 e. The second-order valence-electron chi connectivity index (χ2n) is 6.53. The normalized spacial score (nSPS) is 25.0. The zero-order valence-electron chi connectivity index (χ0n) is 13.4. The maximum atomic E-state index is 12.5. The van der Waals surface area contributed by atoms with Crippen LogP contribution in [0.5, 0.6) is 0 Å². The molecule has 0 fully saturated rings. The minimum absolute atomic E-state index is 0.0857. The van der Waals surface area contributed by atoms with Gasteiger partial charge in [0.2, 0.25) is 5.91 Å². The third-order valence-electron chi connectivity index (χ3n) is 4.98. The fourth-order valence-electron chi connectivity index (χ4n) is 3.79. The second kappa shape index (κ2) is 6.38. The first kappa shape index (κ1) is 15.4. The summed E-state index contributed by atoms with van der Waals surface area (Å²) in [4.78, 5) is 12.5. The van der Waals surface area contributed by atoms with Crippen LogP contribution in [0.4, 0.5) is 0 Å². The number of fused-ring (bicyclic) bond motifs is 2. The summed E-state index contributed by atoms with van der Waals surface area (Å²) in [6.45, 7) is 0.643. The molecule has 1 amide bonds. The minimum atomic E-state index is -0.564. The van der Waals surface area contributed by atoms with Gasteiger partial charge in [-0.3, -0.25) is 4.79 Å². The molecule has 0 radical (unpaired) electrons. The summed E-state index contributed by atoms with van der Waals surface area (Å²) in [5.41, 5.74) is 4.48. The Bertz CT molecular complexity index is 758. The Hall–Kier alpha value is -2.17. The van der Waals surface area contributed by atoms with Crippen molar-refractivity contribution in [1.29, 1.82) is 0 Å². The molecule has 4 rings (SSSR count). The first-order valence-corrected chi connectivity index (χ1v) is 8.47. The number of rotatable bonds is 3. The van der Waals surface area contributed by atoms with E-state index in [0.29, 0.717) is 13.0 Å². The van der Waals surface area contributed by atoms with Crippen molar-refractivity contribution >= 4 is 5.91 Å². The van der Waals surface area contributed by atoms with E-state index in [2.05, 4.69) is 11.4 Å². The number of benzene rings is 2. The predicted octanol–water partition coefficient (Wildman–Crippen LogP) is 2.47. The minimum Gasteiger partial charge on any atom is -0.390 e. The van der Waals surface area contributed by atoms with Crippen LogP contribution in [0.3, 0.4) is 0 Å². The summed E-state index contributed by atoms with van der Waals surface area (Å²) >= 11 is 0. The molecule has 24 heavy (non-hydrogen) atoms. The number of carbonyl (C=O) groups is 1. The molecule has 0 saturated heterocycles. The fraction of sp³-hybridized carbons (Fsp3) is 0.350. The van der Waals surface area contributed by atoms with Crippen molar-refractivity contribution in [2.75, 3.05) is 6.61 Å². The average molecular weight is 323 g/mol. The van der Waals surface area contributed by atoms with Crippen molar-refractivity contribution in [3.63, 3.8) is 0 Å². The number of nitrogens with one attached hydrogen (secondary N) is 1. The van der Waals surface area contributed by atoms with Crippen LogP contribution in [0.25, 0.3) is 0 Å². The number of aliphatic hydroxyl groups is 1. The van der Waals surface area contributed by atoms with E-state index in [1.165, 1.54) is 5.56 Å². The van der Waals surface area contributed by atoms with Gasteiger partial charge in [0, 0.05) is 6.42 Å². The van der Waals surface area contributed by atoms with Crippen LogP contribution in [0, 0.1) is 0 Å². The molecule has 0 unspecified atom stereocenters. The van der Waals surface area contributed by atoms with Gasteiger partial charge in [0.1, 0.15) is 0 Å². The predicted molar refractivity (Wildman–Crippen MR) is 90.5 cm³/mol. The smallest absolute Gasteiger partial charge is 0.223 e. The summed E-state index contributed by atoms with van der Waals surface area (Å²) in [5.74, 6) is -0.0857. The van der Waals surface area contributed by atoms with Gasteiger partial charge in [0.05, 0.1) is 31.3 Å². The Kier molecular flexibility index (Phi) is 4.08. The van der Waals surface area contributed by atoms with Gasteiger partial charge >= 0.3 is 0 Å². The highest BCUT2D eigenvalue weighted by Gasteiger charge is 2.32. The molecule has 0 bridgehead atoms. The molecule has 2 aromatic rings. The van der Waals surface area contributed by atoms with Gasteiger partial charge in [0.25, 0.3) is 0 Å². The topological polar surface area (TPSA) is 58.6 Å². The molecule has 0 spiro atoms. The lowest BCUT2D eigenvalue weighted by Crippen LogP contribution is -2.35. The molecule has 124 valence electrons. The van der Waals surface area contributed by atoms with Gasteiger partial charge in [-0.1, -0.05) is 48.5 Å². The van der Waals surface area contributed by atoms with Crippen molar-refractivity contribution in [1.82, 2.24) is 5.32 Å². The summed E-state index contributed by atoms with van der Waals surface area (Å²) in [6.07, 6.45) is 0.990. The van der Waals surface area contributed by atoms with Crippen LogP contribution in [0.2, 0.25) is 0 Å². The molecule has 2 aliphatic rings. The lowest BCUT2D eigenvalue weighted by molar-refractivity contribution is -0.126. The van der Waals surface area contributed by atoms with Crippen molar-refractivity contribution in [3.8, 4) is 0 Å². The van der Waals surface area contributed by atoms with Gasteiger partial charge < -0.3 is 15.2 Å². The lowest BCUT2D eigenvalue weighted by Gasteiger charge is -2.26. The molecule has 1 heterocycles. The highest BCUT2D eigenvalue weighted by atomic mass is 16.5. The molecule has 3 atom stereocenters. The Balaban J connectivity index is 1.47. The molecule has 4 heteroatoms. The van der Waals surface area contributed by atoms with E-state index in [-0.39, 0.29) is 24.5 Å². The Labute approximate surface area is 141 Å². The molecule has 2 aromatic carbocycles. The van der Waals surface area contributed by atoms with Crippen LogP contribution in [-0.4, -0.2) is 23.7 Å². The second-order valence-corrected chi connectivity index (χ2v) is 6.53. The van der Waals surface area contributed by atoms with Crippen molar-refractivity contribution in [2.45, 2.75) is 37.5 Å². The monoisotopic (exact) mass is 323 g/mol. The summed E-state index contributed by atoms with van der Waals surface area (Å²) in [7, 11) is 0. The van der Waals surface area contributed by atoms with E-state index >= 15 is 0 Å². The quantitative estimate of drug-likeness (QED) is 0.912. The lowest BCUT2D eigenvalue weighted by atomic mass is 9.95. The zero-order valence-corrected chi connectivity index (χ0v) is 13.4. The molecular weight excluding hydrogens is 302 g/mol. The third-order valence-corrected chi connectivity index (χ3v) is 4.98. The van der Waals surface area contributed by atoms with E-state index in [4.69, 9.17) is 4.74 Å². The van der Waals surface area contributed by atoms with Crippen molar-refractivity contribution < 1.29 is 14.6 Å². The van der Waals surface area contributed by atoms with E-state index in [0.717, 1.165) is 23.1 Å². The van der Waals surface area contributed by atoms with Gasteiger partial charge in [-0.05, 0) is 28.7 Å². The van der Waals surface area contributed by atoms with Gasteiger partial charge in [0.15, 0.2) is 0 Å². The number of hydrogen-bond acceptors (Lipinski definition) is 3. The molecule has 1 aliphatic carbocycles. The molecule has 2 N–H and O–H groups in total. The van der Waals surface area contributed by atoms with E-state index in [9.17, 15) is 9.90 Å².